The Bertz CT molecular complexity index is 968. The maximum atomic E-state index is 12.5. The van der Waals surface area contributed by atoms with Gasteiger partial charge < -0.3 is 9.47 Å². The van der Waals surface area contributed by atoms with Crippen molar-refractivity contribution in [3.05, 3.63) is 53.6 Å². The third-order valence-electron chi connectivity index (χ3n) is 4.08. The number of rotatable bonds is 7. The molecule has 0 aromatic heterocycles. The molecular formula is C20H23NO5S3. The van der Waals surface area contributed by atoms with Gasteiger partial charge in [0.05, 0.1) is 22.2 Å². The number of thioether (sulfide) groups is 2. The summed E-state index contributed by atoms with van der Waals surface area (Å²) < 4.78 is 38.1. The van der Waals surface area contributed by atoms with Gasteiger partial charge >= 0.3 is 5.97 Å². The van der Waals surface area contributed by atoms with Gasteiger partial charge in [-0.2, -0.15) is 0 Å². The molecular weight excluding hydrogens is 430 g/mol. The smallest absolute Gasteiger partial charge is 0.343 e. The van der Waals surface area contributed by atoms with Crippen LogP contribution in [-0.4, -0.2) is 39.0 Å². The molecule has 2 aromatic rings. The van der Waals surface area contributed by atoms with E-state index in [2.05, 4.69) is 4.72 Å². The second kappa shape index (κ2) is 9.42. The minimum absolute atomic E-state index is 0.0937. The molecule has 1 fully saturated rings. The summed E-state index contributed by atoms with van der Waals surface area (Å²) in [5.74, 6) is 2.47. The van der Waals surface area contributed by atoms with Crippen molar-refractivity contribution in [2.24, 2.45) is 0 Å². The number of hydrogen-bond donors (Lipinski definition) is 1. The molecule has 1 N–H and O–H groups in total. The highest BCUT2D eigenvalue weighted by Gasteiger charge is 2.21. The van der Waals surface area contributed by atoms with E-state index in [4.69, 9.17) is 9.47 Å². The molecule has 0 unspecified atom stereocenters. The number of esters is 1. The lowest BCUT2D eigenvalue weighted by atomic mass is 10.2. The average molecular weight is 454 g/mol. The first-order valence-corrected chi connectivity index (χ1v) is 12.6. The molecule has 0 radical (unpaired) electrons. The molecule has 0 bridgehead atoms. The summed E-state index contributed by atoms with van der Waals surface area (Å²) in [7, 11) is -2.08. The molecule has 156 valence electrons. The van der Waals surface area contributed by atoms with Crippen LogP contribution in [0, 0.1) is 0 Å². The zero-order valence-electron chi connectivity index (χ0n) is 16.4. The molecule has 0 spiro atoms. The predicted octanol–water partition coefficient (Wildman–Crippen LogP) is 4.08. The first-order valence-electron chi connectivity index (χ1n) is 9.06. The summed E-state index contributed by atoms with van der Waals surface area (Å²) in [6.07, 6.45) is 0. The molecule has 0 saturated carbocycles. The molecule has 1 aliphatic rings. The summed E-state index contributed by atoms with van der Waals surface area (Å²) >= 11 is 3.77. The lowest BCUT2D eigenvalue weighted by Crippen LogP contribution is -2.30. The zero-order valence-corrected chi connectivity index (χ0v) is 18.8. The maximum Gasteiger partial charge on any atom is 0.343 e. The molecule has 2 aromatic carbocycles. The molecule has 6 nitrogen and oxygen atoms in total. The number of benzene rings is 2. The van der Waals surface area contributed by atoms with E-state index in [0.29, 0.717) is 16.1 Å². The molecule has 0 amide bonds. The van der Waals surface area contributed by atoms with E-state index < -0.39 is 16.0 Å². The molecule has 29 heavy (non-hydrogen) atoms. The van der Waals surface area contributed by atoms with Gasteiger partial charge in [-0.05, 0) is 55.8 Å². The van der Waals surface area contributed by atoms with E-state index in [9.17, 15) is 13.2 Å². The van der Waals surface area contributed by atoms with Crippen LogP contribution < -0.4 is 14.2 Å². The molecule has 3 rings (SSSR count). The van der Waals surface area contributed by atoms with Gasteiger partial charge in [0.1, 0.15) is 0 Å². The van der Waals surface area contributed by atoms with Gasteiger partial charge in [0, 0.05) is 17.5 Å². The summed E-state index contributed by atoms with van der Waals surface area (Å²) in [5, 5.41) is 0. The van der Waals surface area contributed by atoms with Gasteiger partial charge in [0.15, 0.2) is 11.5 Å². The van der Waals surface area contributed by atoms with Crippen LogP contribution in [0.25, 0.3) is 0 Å². The number of ether oxygens (including phenoxy) is 2. The van der Waals surface area contributed by atoms with Crippen molar-refractivity contribution in [3.8, 4) is 11.5 Å². The van der Waals surface area contributed by atoms with E-state index in [-0.39, 0.29) is 16.5 Å². The normalized spacial score (nSPS) is 14.9. The Hall–Kier alpha value is -1.68. The molecule has 1 heterocycles. The molecule has 1 saturated heterocycles. The summed E-state index contributed by atoms with van der Waals surface area (Å²) in [6.45, 7) is 3.48. The Morgan fingerprint density at radius 3 is 2.31 bits per heavy atom. The van der Waals surface area contributed by atoms with Gasteiger partial charge in [-0.15, -0.1) is 23.5 Å². The van der Waals surface area contributed by atoms with E-state index in [1.165, 1.54) is 31.4 Å². The van der Waals surface area contributed by atoms with Crippen LogP contribution in [0.1, 0.15) is 34.4 Å². The van der Waals surface area contributed by atoms with Crippen LogP contribution in [0.5, 0.6) is 11.5 Å². The van der Waals surface area contributed by atoms with Crippen molar-refractivity contribution < 1.29 is 22.7 Å². The molecule has 0 atom stereocenters. The van der Waals surface area contributed by atoms with Gasteiger partial charge in [0.2, 0.25) is 10.0 Å². The predicted molar refractivity (Wildman–Crippen MR) is 118 cm³/mol. The van der Waals surface area contributed by atoms with Crippen molar-refractivity contribution >= 4 is 39.5 Å². The van der Waals surface area contributed by atoms with E-state index in [1.54, 1.807) is 19.9 Å². The topological polar surface area (TPSA) is 81.7 Å². The van der Waals surface area contributed by atoms with E-state index in [0.717, 1.165) is 17.1 Å². The Balaban J connectivity index is 1.74. The van der Waals surface area contributed by atoms with Crippen LogP contribution in [0.3, 0.4) is 0 Å². The molecule has 9 heteroatoms. The van der Waals surface area contributed by atoms with Crippen LogP contribution in [0.15, 0.2) is 47.4 Å². The highest BCUT2D eigenvalue weighted by molar-refractivity contribution is 8.19. The highest BCUT2D eigenvalue weighted by atomic mass is 32.2. The van der Waals surface area contributed by atoms with Crippen LogP contribution >= 0.6 is 23.5 Å². The SMILES string of the molecule is COc1cc(C2SCCS2)ccc1OC(=O)c1ccc(S(=O)(=O)NC(C)C)cc1. The fraction of sp³-hybridized carbons (Fsp3) is 0.350. The number of methoxy groups -OCH3 is 1. The quantitative estimate of drug-likeness (QED) is 0.500. The van der Waals surface area contributed by atoms with Crippen LogP contribution in [0.4, 0.5) is 0 Å². The average Bonchev–Trinajstić information content (AvgIpc) is 3.22. The van der Waals surface area contributed by atoms with Crippen molar-refractivity contribution in [1.29, 1.82) is 0 Å². The summed E-state index contributed by atoms with van der Waals surface area (Å²) in [6, 6.07) is 11.0. The number of hydrogen-bond acceptors (Lipinski definition) is 7. The third-order valence-corrected chi connectivity index (χ3v) is 8.85. The number of carbonyl (C=O) groups is 1. The van der Waals surface area contributed by atoms with Gasteiger partial charge in [0.25, 0.3) is 0 Å². The zero-order chi connectivity index (χ0) is 21.0. The van der Waals surface area contributed by atoms with Crippen LogP contribution in [-0.2, 0) is 10.0 Å². The van der Waals surface area contributed by atoms with Crippen LogP contribution in [0.2, 0.25) is 0 Å². The second-order valence-electron chi connectivity index (χ2n) is 6.67. The Labute approximate surface area is 179 Å². The van der Waals surface area contributed by atoms with Crippen molar-refractivity contribution in [2.75, 3.05) is 18.6 Å². The third kappa shape index (κ3) is 5.48. The fourth-order valence-electron chi connectivity index (χ4n) is 2.77. The van der Waals surface area contributed by atoms with Crippen molar-refractivity contribution in [2.45, 2.75) is 29.4 Å². The molecule has 1 aliphatic heterocycles. The van der Waals surface area contributed by atoms with E-state index in [1.807, 2.05) is 35.7 Å². The minimum atomic E-state index is -3.61. The molecule has 0 aliphatic carbocycles. The largest absolute Gasteiger partial charge is 0.493 e. The maximum absolute atomic E-state index is 12.5. The fourth-order valence-corrected chi connectivity index (χ4v) is 6.86. The lowest BCUT2D eigenvalue weighted by molar-refractivity contribution is 0.0729. The highest BCUT2D eigenvalue weighted by Crippen LogP contribution is 2.47. The summed E-state index contributed by atoms with van der Waals surface area (Å²) in [4.78, 5) is 12.6. The Morgan fingerprint density at radius 2 is 1.72 bits per heavy atom. The van der Waals surface area contributed by atoms with Crippen molar-refractivity contribution in [1.82, 2.24) is 4.72 Å². The standard InChI is InChI=1S/C20H23NO5S3/c1-13(2)21-29(23,24)16-7-4-14(5-8-16)19(22)26-17-9-6-15(12-18(17)25-3)20-27-10-11-28-20/h4-9,12-13,20-21H,10-11H2,1-3H3. The van der Waals surface area contributed by atoms with E-state index >= 15 is 0 Å². The van der Waals surface area contributed by atoms with Gasteiger partial charge in [-0.25, -0.2) is 17.9 Å². The number of carbonyl (C=O) groups excluding carboxylic acids is 1. The monoisotopic (exact) mass is 453 g/mol. The second-order valence-corrected chi connectivity index (χ2v) is 11.1. The first-order chi connectivity index (χ1) is 13.8. The number of sulfonamides is 1. The van der Waals surface area contributed by atoms with Gasteiger partial charge in [-0.1, -0.05) is 6.07 Å². The number of nitrogens with one attached hydrogen (secondary N) is 1. The lowest BCUT2D eigenvalue weighted by Gasteiger charge is -2.14. The Morgan fingerprint density at radius 1 is 1.07 bits per heavy atom. The van der Waals surface area contributed by atoms with Gasteiger partial charge in [-0.3, -0.25) is 0 Å². The minimum Gasteiger partial charge on any atom is -0.493 e. The summed E-state index contributed by atoms with van der Waals surface area (Å²) in [5.41, 5.74) is 1.38. The Kier molecular flexibility index (Phi) is 7.15. The van der Waals surface area contributed by atoms with Crippen molar-refractivity contribution in [3.63, 3.8) is 0 Å². The first kappa shape index (κ1) is 22.0.